The van der Waals surface area contributed by atoms with E-state index in [1.54, 1.807) is 6.07 Å². The lowest BCUT2D eigenvalue weighted by atomic mass is 9.79. The van der Waals surface area contributed by atoms with Gasteiger partial charge in [0, 0.05) is 5.56 Å². The zero-order valence-corrected chi connectivity index (χ0v) is 15.1. The number of aryl methyl sites for hydroxylation is 1. The van der Waals surface area contributed by atoms with Crippen molar-refractivity contribution in [3.8, 4) is 11.1 Å². The fraction of sp³-hybridized carbons (Fsp3) is 0.333. The molecule has 0 nitrogen and oxygen atoms in total. The average Bonchev–Trinajstić information content (AvgIpc) is 2.62. The highest BCUT2D eigenvalue weighted by Gasteiger charge is 2.20. The van der Waals surface area contributed by atoms with Crippen LogP contribution in [-0.2, 0) is 0 Å². The van der Waals surface area contributed by atoms with E-state index in [1.807, 2.05) is 12.1 Å². The van der Waals surface area contributed by atoms with Crippen LogP contribution in [0.4, 0.5) is 4.39 Å². The number of benzene rings is 3. The Hall–Kier alpha value is -2.15. The van der Waals surface area contributed by atoms with E-state index >= 15 is 0 Å². The first-order valence-electron chi connectivity index (χ1n) is 9.40. The Balaban J connectivity index is 1.65. The minimum Gasteiger partial charge on any atom is -0.206 e. The van der Waals surface area contributed by atoms with E-state index in [2.05, 4.69) is 50.2 Å². The molecule has 4 rings (SSSR count). The quantitative estimate of drug-likeness (QED) is 0.463. The molecule has 1 aliphatic rings. The van der Waals surface area contributed by atoms with Crippen LogP contribution in [0, 0.1) is 18.7 Å². The summed E-state index contributed by atoms with van der Waals surface area (Å²) >= 11 is 0. The first-order chi connectivity index (χ1) is 12.1. The molecule has 3 aromatic rings. The van der Waals surface area contributed by atoms with Crippen molar-refractivity contribution in [2.45, 2.75) is 45.4 Å². The minimum atomic E-state index is -0.0948. The van der Waals surface area contributed by atoms with Gasteiger partial charge in [0.1, 0.15) is 5.82 Å². The predicted molar refractivity (Wildman–Crippen MR) is 104 cm³/mol. The van der Waals surface area contributed by atoms with E-state index in [0.717, 1.165) is 16.9 Å². The van der Waals surface area contributed by atoms with E-state index in [0.29, 0.717) is 11.5 Å². The van der Waals surface area contributed by atoms with Gasteiger partial charge in [-0.05, 0) is 65.6 Å². The Morgan fingerprint density at radius 1 is 0.800 bits per heavy atom. The molecule has 0 heterocycles. The van der Waals surface area contributed by atoms with Crippen molar-refractivity contribution < 1.29 is 4.39 Å². The smallest absolute Gasteiger partial charge is 0.131 e. The summed E-state index contributed by atoms with van der Waals surface area (Å²) in [5.74, 6) is 1.25. The van der Waals surface area contributed by atoms with E-state index in [1.165, 1.54) is 42.2 Å². The number of hydrogen-bond acceptors (Lipinski definition) is 0. The molecule has 0 aromatic heterocycles. The monoisotopic (exact) mass is 332 g/mol. The van der Waals surface area contributed by atoms with Crippen LogP contribution in [-0.4, -0.2) is 0 Å². The van der Waals surface area contributed by atoms with Gasteiger partial charge in [0.2, 0.25) is 0 Å². The number of fused-ring (bicyclic) bond motifs is 1. The maximum atomic E-state index is 14.8. The fourth-order valence-electron chi connectivity index (χ4n) is 4.15. The van der Waals surface area contributed by atoms with Crippen molar-refractivity contribution in [2.24, 2.45) is 5.92 Å². The minimum absolute atomic E-state index is 0.0948. The van der Waals surface area contributed by atoms with E-state index < -0.39 is 0 Å². The Labute approximate surface area is 149 Å². The number of halogens is 1. The summed E-state index contributed by atoms with van der Waals surface area (Å²) in [6.45, 7) is 4.42. The standard InChI is InChI=1S/C24H25F/c1-16-3-6-18(7-4-16)21-11-12-23(24(25)15-21)22-10-9-19-13-17(2)5-8-20(19)14-22/h5,8-16,18H,3-4,6-7H2,1-2H3. The Bertz CT molecular complexity index is 901. The third-order valence-electron chi connectivity index (χ3n) is 5.79. The lowest BCUT2D eigenvalue weighted by molar-refractivity contribution is 0.347. The molecule has 1 fully saturated rings. The Morgan fingerprint density at radius 2 is 1.52 bits per heavy atom. The molecule has 128 valence electrons. The summed E-state index contributed by atoms with van der Waals surface area (Å²) in [7, 11) is 0. The van der Waals surface area contributed by atoms with Crippen molar-refractivity contribution in [3.05, 3.63) is 71.5 Å². The molecule has 1 aliphatic carbocycles. The predicted octanol–water partition coefficient (Wildman–Crippen LogP) is 7.25. The third kappa shape index (κ3) is 3.33. The Kier molecular flexibility index (Phi) is 4.33. The van der Waals surface area contributed by atoms with Crippen LogP contribution < -0.4 is 0 Å². The van der Waals surface area contributed by atoms with Gasteiger partial charge in [-0.1, -0.05) is 67.8 Å². The molecule has 25 heavy (non-hydrogen) atoms. The molecule has 1 saturated carbocycles. The van der Waals surface area contributed by atoms with Gasteiger partial charge in [-0.25, -0.2) is 4.39 Å². The molecule has 0 saturated heterocycles. The summed E-state index contributed by atoms with van der Waals surface area (Å²) in [4.78, 5) is 0. The summed E-state index contributed by atoms with van der Waals surface area (Å²) in [5.41, 5.74) is 4.08. The lowest BCUT2D eigenvalue weighted by Gasteiger charge is -2.26. The maximum absolute atomic E-state index is 14.8. The second kappa shape index (κ2) is 6.63. The van der Waals surface area contributed by atoms with Crippen LogP contribution >= 0.6 is 0 Å². The largest absolute Gasteiger partial charge is 0.206 e. The average molecular weight is 332 g/mol. The molecule has 1 heteroatoms. The highest BCUT2D eigenvalue weighted by Crippen LogP contribution is 2.37. The molecular formula is C24H25F. The first-order valence-corrected chi connectivity index (χ1v) is 9.40. The maximum Gasteiger partial charge on any atom is 0.131 e. The molecule has 0 aliphatic heterocycles. The fourth-order valence-corrected chi connectivity index (χ4v) is 4.15. The molecule has 0 unspecified atom stereocenters. The molecule has 0 spiro atoms. The van der Waals surface area contributed by atoms with Crippen LogP contribution in [0.5, 0.6) is 0 Å². The van der Waals surface area contributed by atoms with Gasteiger partial charge in [0.05, 0.1) is 0 Å². The van der Waals surface area contributed by atoms with Gasteiger partial charge in [0.15, 0.2) is 0 Å². The zero-order valence-electron chi connectivity index (χ0n) is 15.1. The number of rotatable bonds is 2. The normalized spacial score (nSPS) is 20.8. The van der Waals surface area contributed by atoms with Crippen LogP contribution in [0.3, 0.4) is 0 Å². The summed E-state index contributed by atoms with van der Waals surface area (Å²) in [5, 5.41) is 2.37. The second-order valence-corrected chi connectivity index (χ2v) is 7.76. The molecule has 3 aromatic carbocycles. The van der Waals surface area contributed by atoms with E-state index in [-0.39, 0.29) is 5.82 Å². The van der Waals surface area contributed by atoms with Gasteiger partial charge >= 0.3 is 0 Å². The lowest BCUT2D eigenvalue weighted by Crippen LogP contribution is -2.11. The van der Waals surface area contributed by atoms with Gasteiger partial charge in [-0.3, -0.25) is 0 Å². The highest BCUT2D eigenvalue weighted by atomic mass is 19.1. The molecule has 0 N–H and O–H groups in total. The SMILES string of the molecule is Cc1ccc2cc(-c3ccc(C4CCC(C)CC4)cc3F)ccc2c1. The highest BCUT2D eigenvalue weighted by molar-refractivity contribution is 5.88. The van der Waals surface area contributed by atoms with Crippen molar-refractivity contribution in [1.82, 2.24) is 0 Å². The van der Waals surface area contributed by atoms with Crippen molar-refractivity contribution >= 4 is 10.8 Å². The second-order valence-electron chi connectivity index (χ2n) is 7.76. The van der Waals surface area contributed by atoms with Crippen LogP contribution in [0.1, 0.15) is 49.7 Å². The molecular weight excluding hydrogens is 307 g/mol. The summed E-state index contributed by atoms with van der Waals surface area (Å²) in [6, 6.07) is 18.5. The van der Waals surface area contributed by atoms with Gasteiger partial charge < -0.3 is 0 Å². The van der Waals surface area contributed by atoms with Gasteiger partial charge in [0.25, 0.3) is 0 Å². The molecule has 0 radical (unpaired) electrons. The zero-order chi connectivity index (χ0) is 17.4. The van der Waals surface area contributed by atoms with Crippen LogP contribution in [0.15, 0.2) is 54.6 Å². The molecule has 0 bridgehead atoms. The number of hydrogen-bond donors (Lipinski definition) is 0. The van der Waals surface area contributed by atoms with Crippen LogP contribution in [0.25, 0.3) is 21.9 Å². The first kappa shape index (κ1) is 16.3. The summed E-state index contributed by atoms with van der Waals surface area (Å²) in [6.07, 6.45) is 4.90. The van der Waals surface area contributed by atoms with Crippen molar-refractivity contribution in [1.29, 1.82) is 0 Å². The van der Waals surface area contributed by atoms with Gasteiger partial charge in [-0.15, -0.1) is 0 Å². The molecule has 0 amide bonds. The topological polar surface area (TPSA) is 0 Å². The Morgan fingerprint density at radius 3 is 2.28 bits per heavy atom. The molecule has 0 atom stereocenters. The van der Waals surface area contributed by atoms with E-state index in [4.69, 9.17) is 0 Å². The summed E-state index contributed by atoms with van der Waals surface area (Å²) < 4.78 is 14.8. The van der Waals surface area contributed by atoms with E-state index in [9.17, 15) is 4.39 Å². The third-order valence-corrected chi connectivity index (χ3v) is 5.79. The van der Waals surface area contributed by atoms with Crippen LogP contribution in [0.2, 0.25) is 0 Å². The van der Waals surface area contributed by atoms with Crippen molar-refractivity contribution in [3.63, 3.8) is 0 Å². The van der Waals surface area contributed by atoms with Gasteiger partial charge in [-0.2, -0.15) is 0 Å². The van der Waals surface area contributed by atoms with Crippen molar-refractivity contribution in [2.75, 3.05) is 0 Å².